The lowest BCUT2D eigenvalue weighted by Crippen LogP contribution is -1.94. The molecule has 0 fully saturated rings. The molecular weight excluding hydrogens is 238 g/mol. The highest BCUT2D eigenvalue weighted by Crippen LogP contribution is 2.20. The second-order valence-corrected chi connectivity index (χ2v) is 4.34. The van der Waals surface area contributed by atoms with Crippen LogP contribution in [0.2, 0.25) is 0 Å². The van der Waals surface area contributed by atoms with Gasteiger partial charge in [-0.2, -0.15) is 0 Å². The molecule has 0 bridgehead atoms. The normalized spacial score (nSPS) is 11.0. The van der Waals surface area contributed by atoms with E-state index in [1.54, 1.807) is 0 Å². The van der Waals surface area contributed by atoms with E-state index in [0.717, 1.165) is 11.3 Å². The van der Waals surface area contributed by atoms with Gasteiger partial charge in [-0.05, 0) is 35.2 Å². The fourth-order valence-electron chi connectivity index (χ4n) is 2.19. The van der Waals surface area contributed by atoms with Crippen molar-refractivity contribution in [2.75, 3.05) is 7.11 Å². The molecule has 0 aliphatic rings. The molecule has 96 valence electrons. The molecule has 2 aromatic carbocycles. The van der Waals surface area contributed by atoms with Crippen molar-refractivity contribution in [2.45, 2.75) is 6.61 Å². The van der Waals surface area contributed by atoms with E-state index in [1.807, 2.05) is 12.1 Å². The van der Waals surface area contributed by atoms with Gasteiger partial charge in [0, 0.05) is 11.9 Å². The summed E-state index contributed by atoms with van der Waals surface area (Å²) in [6, 6.07) is 18.7. The van der Waals surface area contributed by atoms with E-state index in [1.165, 1.54) is 18.0 Å². The molecule has 0 N–H and O–H groups in total. The summed E-state index contributed by atoms with van der Waals surface area (Å²) in [5.74, 6) is 0. The Balaban J connectivity index is 1.93. The summed E-state index contributed by atoms with van der Waals surface area (Å²) in [5, 5.41) is 1.24. The summed E-state index contributed by atoms with van der Waals surface area (Å²) in [5.41, 5.74) is 3.44. The first-order valence-corrected chi connectivity index (χ1v) is 6.19. The van der Waals surface area contributed by atoms with Gasteiger partial charge < -0.3 is 4.57 Å². The highest BCUT2D eigenvalue weighted by atomic mass is 17.2. The first kappa shape index (κ1) is 12.0. The molecule has 0 atom stereocenters. The minimum Gasteiger partial charge on any atom is -0.317 e. The molecule has 1 heterocycles. The Hall–Kier alpha value is -2.10. The fraction of sp³-hybridized carbons (Fsp3) is 0.125. The zero-order valence-corrected chi connectivity index (χ0v) is 10.7. The topological polar surface area (TPSA) is 23.4 Å². The molecule has 0 radical (unpaired) electrons. The highest BCUT2D eigenvalue weighted by Gasteiger charge is 2.02. The molecule has 0 aliphatic carbocycles. The van der Waals surface area contributed by atoms with Crippen molar-refractivity contribution >= 4 is 10.9 Å². The highest BCUT2D eigenvalue weighted by molar-refractivity contribution is 5.81. The van der Waals surface area contributed by atoms with Gasteiger partial charge >= 0.3 is 0 Å². The monoisotopic (exact) mass is 253 g/mol. The third-order valence-corrected chi connectivity index (χ3v) is 3.16. The van der Waals surface area contributed by atoms with E-state index in [2.05, 4.69) is 58.1 Å². The summed E-state index contributed by atoms with van der Waals surface area (Å²) in [6.45, 7) is 0.462. The van der Waals surface area contributed by atoms with Gasteiger partial charge in [0.25, 0.3) is 0 Å². The summed E-state index contributed by atoms with van der Waals surface area (Å²) in [4.78, 5) is 9.51. The zero-order chi connectivity index (χ0) is 13.1. The molecule has 0 amide bonds. The molecule has 0 spiro atoms. The number of hydrogen-bond acceptors (Lipinski definition) is 2. The number of benzene rings is 2. The largest absolute Gasteiger partial charge is 0.317 e. The Bertz CT molecular complexity index is 671. The van der Waals surface area contributed by atoms with Gasteiger partial charge in [-0.25, -0.2) is 9.78 Å². The van der Waals surface area contributed by atoms with Crippen molar-refractivity contribution in [3.05, 3.63) is 66.4 Å². The Morgan fingerprint density at radius 3 is 2.53 bits per heavy atom. The Labute approximate surface area is 111 Å². The SMILES string of the molecule is COOCc1ccc(-n2ccc3ccccc32)cc1. The molecule has 0 aliphatic heterocycles. The molecule has 3 heteroatoms. The quantitative estimate of drug-likeness (QED) is 0.522. The Morgan fingerprint density at radius 1 is 0.947 bits per heavy atom. The van der Waals surface area contributed by atoms with Gasteiger partial charge in [0.05, 0.1) is 12.6 Å². The lowest BCUT2D eigenvalue weighted by atomic mass is 10.2. The minimum absolute atomic E-state index is 0.462. The number of para-hydroxylation sites is 1. The van der Waals surface area contributed by atoms with Crippen molar-refractivity contribution in [2.24, 2.45) is 0 Å². The van der Waals surface area contributed by atoms with Crippen LogP contribution in [0.5, 0.6) is 0 Å². The van der Waals surface area contributed by atoms with Crippen LogP contribution in [0, 0.1) is 0 Å². The number of hydrogen-bond donors (Lipinski definition) is 0. The van der Waals surface area contributed by atoms with Crippen molar-refractivity contribution in [3.63, 3.8) is 0 Å². The number of fused-ring (bicyclic) bond motifs is 1. The molecule has 1 aromatic heterocycles. The van der Waals surface area contributed by atoms with Gasteiger partial charge in [0.15, 0.2) is 0 Å². The average Bonchev–Trinajstić information content (AvgIpc) is 2.90. The van der Waals surface area contributed by atoms with Gasteiger partial charge in [0.2, 0.25) is 0 Å². The smallest absolute Gasteiger partial charge is 0.107 e. The minimum atomic E-state index is 0.462. The molecule has 0 saturated carbocycles. The first-order chi connectivity index (χ1) is 9.38. The maximum atomic E-state index is 4.91. The summed E-state index contributed by atoms with van der Waals surface area (Å²) >= 11 is 0. The second-order valence-electron chi connectivity index (χ2n) is 4.34. The van der Waals surface area contributed by atoms with Crippen LogP contribution < -0.4 is 0 Å². The fourth-order valence-corrected chi connectivity index (χ4v) is 2.19. The van der Waals surface area contributed by atoms with Crippen LogP contribution in [-0.4, -0.2) is 11.7 Å². The number of aromatic nitrogens is 1. The van der Waals surface area contributed by atoms with Crippen molar-refractivity contribution < 1.29 is 9.78 Å². The van der Waals surface area contributed by atoms with E-state index in [-0.39, 0.29) is 0 Å². The van der Waals surface area contributed by atoms with Gasteiger partial charge in [-0.3, -0.25) is 0 Å². The molecular formula is C16H15NO2. The predicted octanol–water partition coefficient (Wildman–Crippen LogP) is 3.71. The standard InChI is InChI=1S/C16H15NO2/c1-18-19-12-13-6-8-15(9-7-13)17-11-10-14-4-2-3-5-16(14)17/h2-11H,12H2,1H3. The Morgan fingerprint density at radius 2 is 1.74 bits per heavy atom. The van der Waals surface area contributed by atoms with Crippen molar-refractivity contribution in [3.8, 4) is 5.69 Å². The van der Waals surface area contributed by atoms with Crippen molar-refractivity contribution in [1.82, 2.24) is 4.57 Å². The first-order valence-electron chi connectivity index (χ1n) is 6.19. The Kier molecular flexibility index (Phi) is 3.31. The van der Waals surface area contributed by atoms with Crippen LogP contribution in [0.1, 0.15) is 5.56 Å². The second kappa shape index (κ2) is 5.26. The van der Waals surface area contributed by atoms with Gasteiger partial charge in [-0.15, -0.1) is 0 Å². The van der Waals surface area contributed by atoms with Gasteiger partial charge in [-0.1, -0.05) is 30.3 Å². The van der Waals surface area contributed by atoms with Crippen LogP contribution in [0.15, 0.2) is 60.8 Å². The third-order valence-electron chi connectivity index (χ3n) is 3.16. The maximum absolute atomic E-state index is 4.91. The summed E-state index contributed by atoms with van der Waals surface area (Å²) in [7, 11) is 1.51. The van der Waals surface area contributed by atoms with E-state index in [4.69, 9.17) is 4.89 Å². The summed E-state index contributed by atoms with van der Waals surface area (Å²) < 4.78 is 2.18. The van der Waals surface area contributed by atoms with Crippen LogP contribution in [0.4, 0.5) is 0 Å². The van der Waals surface area contributed by atoms with E-state index < -0.39 is 0 Å². The average molecular weight is 253 g/mol. The molecule has 0 unspecified atom stereocenters. The van der Waals surface area contributed by atoms with E-state index in [0.29, 0.717) is 6.61 Å². The van der Waals surface area contributed by atoms with Crippen molar-refractivity contribution in [1.29, 1.82) is 0 Å². The van der Waals surface area contributed by atoms with Crippen LogP contribution in [0.3, 0.4) is 0 Å². The van der Waals surface area contributed by atoms with Crippen LogP contribution in [-0.2, 0) is 16.4 Å². The maximum Gasteiger partial charge on any atom is 0.107 e. The molecule has 19 heavy (non-hydrogen) atoms. The number of rotatable bonds is 4. The zero-order valence-electron chi connectivity index (χ0n) is 10.7. The van der Waals surface area contributed by atoms with Crippen LogP contribution >= 0.6 is 0 Å². The van der Waals surface area contributed by atoms with Crippen LogP contribution in [0.25, 0.3) is 16.6 Å². The predicted molar refractivity (Wildman–Crippen MR) is 75.1 cm³/mol. The lowest BCUT2D eigenvalue weighted by Gasteiger charge is -2.07. The van der Waals surface area contributed by atoms with E-state index in [9.17, 15) is 0 Å². The molecule has 3 rings (SSSR count). The lowest BCUT2D eigenvalue weighted by molar-refractivity contribution is -0.282. The van der Waals surface area contributed by atoms with E-state index >= 15 is 0 Å². The molecule has 0 saturated heterocycles. The molecule has 3 nitrogen and oxygen atoms in total. The molecule has 3 aromatic rings. The third kappa shape index (κ3) is 2.38. The summed E-state index contributed by atoms with van der Waals surface area (Å²) in [6.07, 6.45) is 2.09. The van der Waals surface area contributed by atoms with Gasteiger partial charge in [0.1, 0.15) is 6.61 Å². The number of nitrogens with zero attached hydrogens (tertiary/aromatic N) is 1.